The molecule has 2 atom stereocenters. The minimum absolute atomic E-state index is 0.0962. The number of carbonyl (C=O) groups excluding carboxylic acids is 1. The minimum atomic E-state index is -0.802. The number of aliphatic hydroxyl groups is 1. The number of nitrogens with one attached hydrogen (secondary N) is 1. The lowest BCUT2D eigenvalue weighted by atomic mass is 10.1. The monoisotopic (exact) mass is 386 g/mol. The molecule has 0 radical (unpaired) electrons. The Balaban J connectivity index is 1.47. The molecule has 1 amide bonds. The number of benzene rings is 2. The lowest BCUT2D eigenvalue weighted by Gasteiger charge is -2.29. The number of morpholine rings is 1. The zero-order valence-corrected chi connectivity index (χ0v) is 15.9. The lowest BCUT2D eigenvalue weighted by Crippen LogP contribution is -2.38. The largest absolute Gasteiger partial charge is 0.508 e. The maximum Gasteiger partial charge on any atom is 0.260 e. The molecule has 2 unspecified atom stereocenters. The highest BCUT2D eigenvalue weighted by Crippen LogP contribution is 2.20. The van der Waals surface area contributed by atoms with Crippen LogP contribution in [0.3, 0.4) is 0 Å². The molecule has 2 aromatic carbocycles. The van der Waals surface area contributed by atoms with Crippen molar-refractivity contribution in [3.05, 3.63) is 54.1 Å². The first-order chi connectivity index (χ1) is 13.5. The summed E-state index contributed by atoms with van der Waals surface area (Å²) in [6, 6.07) is 13.9. The van der Waals surface area contributed by atoms with E-state index < -0.39 is 12.2 Å². The molecule has 1 saturated heterocycles. The predicted octanol–water partition coefficient (Wildman–Crippen LogP) is 1.85. The van der Waals surface area contributed by atoms with Crippen molar-refractivity contribution in [1.29, 1.82) is 0 Å². The van der Waals surface area contributed by atoms with Gasteiger partial charge in [0, 0.05) is 25.3 Å². The molecule has 1 aliphatic heterocycles. The average Bonchev–Trinajstić information content (AvgIpc) is 2.74. The summed E-state index contributed by atoms with van der Waals surface area (Å²) < 4.78 is 10.9. The number of carbonyl (C=O) groups is 1. The molecule has 7 nitrogen and oxygen atoms in total. The summed E-state index contributed by atoms with van der Waals surface area (Å²) in [4.78, 5) is 14.4. The van der Waals surface area contributed by atoms with Gasteiger partial charge in [-0.1, -0.05) is 12.1 Å². The maximum atomic E-state index is 12.2. The van der Waals surface area contributed by atoms with Crippen molar-refractivity contribution in [2.45, 2.75) is 19.1 Å². The first-order valence-corrected chi connectivity index (χ1v) is 9.37. The van der Waals surface area contributed by atoms with Gasteiger partial charge in [0.15, 0.2) is 6.10 Å². The Morgan fingerprint density at radius 1 is 1.14 bits per heavy atom. The SMILES string of the molecule is CC(Oc1ccc(O)cc1)C(=O)NCC(O)c1ccc(N2CCOCC2)cc1. The standard InChI is InChI=1S/C21H26N2O5/c1-15(28-19-8-6-18(24)7-9-19)21(26)22-14-20(25)16-2-4-17(5-3-16)23-10-12-27-13-11-23/h2-9,15,20,24-25H,10-14H2,1H3,(H,22,26). The summed E-state index contributed by atoms with van der Waals surface area (Å²) in [7, 11) is 0. The summed E-state index contributed by atoms with van der Waals surface area (Å²) in [6.07, 6.45) is -1.52. The minimum Gasteiger partial charge on any atom is -0.508 e. The van der Waals surface area contributed by atoms with E-state index in [1.54, 1.807) is 19.1 Å². The van der Waals surface area contributed by atoms with Gasteiger partial charge in [-0.3, -0.25) is 4.79 Å². The highest BCUT2D eigenvalue weighted by molar-refractivity contribution is 5.80. The Morgan fingerprint density at radius 3 is 2.43 bits per heavy atom. The van der Waals surface area contributed by atoms with Crippen LogP contribution in [-0.2, 0) is 9.53 Å². The van der Waals surface area contributed by atoms with Crippen LogP contribution in [-0.4, -0.2) is 55.1 Å². The molecule has 1 fully saturated rings. The van der Waals surface area contributed by atoms with E-state index in [0.717, 1.165) is 37.6 Å². The van der Waals surface area contributed by atoms with Gasteiger partial charge in [-0.25, -0.2) is 0 Å². The quantitative estimate of drug-likeness (QED) is 0.673. The number of phenols is 1. The summed E-state index contributed by atoms with van der Waals surface area (Å²) >= 11 is 0. The van der Waals surface area contributed by atoms with Crippen LogP contribution in [0.4, 0.5) is 5.69 Å². The smallest absolute Gasteiger partial charge is 0.260 e. The summed E-state index contributed by atoms with van der Waals surface area (Å²) in [5, 5.41) is 22.3. The third kappa shape index (κ3) is 5.37. The fourth-order valence-electron chi connectivity index (χ4n) is 2.97. The van der Waals surface area contributed by atoms with Crippen molar-refractivity contribution >= 4 is 11.6 Å². The van der Waals surface area contributed by atoms with Crippen LogP contribution in [0.2, 0.25) is 0 Å². The Morgan fingerprint density at radius 2 is 1.79 bits per heavy atom. The van der Waals surface area contributed by atoms with Crippen LogP contribution in [0, 0.1) is 0 Å². The molecule has 28 heavy (non-hydrogen) atoms. The number of anilines is 1. The molecule has 0 saturated carbocycles. The number of aromatic hydroxyl groups is 1. The van der Waals surface area contributed by atoms with Gasteiger partial charge in [0.05, 0.1) is 19.3 Å². The second-order valence-corrected chi connectivity index (χ2v) is 6.71. The first kappa shape index (κ1) is 20.0. The first-order valence-electron chi connectivity index (χ1n) is 9.37. The van der Waals surface area contributed by atoms with Gasteiger partial charge in [0.1, 0.15) is 11.5 Å². The molecule has 0 bridgehead atoms. The topological polar surface area (TPSA) is 91.3 Å². The molecule has 0 spiro atoms. The van der Waals surface area contributed by atoms with Crippen LogP contribution in [0.25, 0.3) is 0 Å². The fraction of sp³-hybridized carbons (Fsp3) is 0.381. The predicted molar refractivity (Wildman–Crippen MR) is 106 cm³/mol. The number of nitrogens with zero attached hydrogens (tertiary/aromatic N) is 1. The van der Waals surface area contributed by atoms with Crippen molar-refractivity contribution < 1.29 is 24.5 Å². The Bertz CT molecular complexity index is 757. The number of amides is 1. The summed E-state index contributed by atoms with van der Waals surface area (Å²) in [5.41, 5.74) is 1.84. The zero-order chi connectivity index (χ0) is 19.9. The van der Waals surface area contributed by atoms with Crippen molar-refractivity contribution in [2.24, 2.45) is 0 Å². The van der Waals surface area contributed by atoms with Crippen LogP contribution in [0.5, 0.6) is 11.5 Å². The van der Waals surface area contributed by atoms with Gasteiger partial charge in [-0.2, -0.15) is 0 Å². The van der Waals surface area contributed by atoms with E-state index in [4.69, 9.17) is 9.47 Å². The molecular weight excluding hydrogens is 360 g/mol. The van der Waals surface area contributed by atoms with Gasteiger partial charge in [0.25, 0.3) is 5.91 Å². The molecule has 0 aromatic heterocycles. The molecule has 2 aromatic rings. The number of rotatable bonds is 7. The van der Waals surface area contributed by atoms with E-state index >= 15 is 0 Å². The molecule has 1 aliphatic rings. The molecule has 7 heteroatoms. The van der Waals surface area contributed by atoms with E-state index in [1.807, 2.05) is 24.3 Å². The summed E-state index contributed by atoms with van der Waals surface area (Å²) in [5.74, 6) is 0.295. The van der Waals surface area contributed by atoms with E-state index in [1.165, 1.54) is 12.1 Å². The normalized spacial score (nSPS) is 16.3. The molecule has 0 aliphatic carbocycles. The second-order valence-electron chi connectivity index (χ2n) is 6.71. The van der Waals surface area contributed by atoms with Crippen molar-refractivity contribution in [3.63, 3.8) is 0 Å². The Hall–Kier alpha value is -2.77. The Kier molecular flexibility index (Phi) is 6.73. The van der Waals surface area contributed by atoms with E-state index in [9.17, 15) is 15.0 Å². The zero-order valence-electron chi connectivity index (χ0n) is 15.9. The third-order valence-electron chi connectivity index (χ3n) is 4.64. The van der Waals surface area contributed by atoms with Crippen LogP contribution < -0.4 is 15.0 Å². The molecular formula is C21H26N2O5. The highest BCUT2D eigenvalue weighted by atomic mass is 16.5. The molecule has 1 heterocycles. The number of phenolic OH excluding ortho intramolecular Hbond substituents is 1. The Labute approximate surface area is 164 Å². The van der Waals surface area contributed by atoms with E-state index in [-0.39, 0.29) is 18.2 Å². The number of hydrogen-bond acceptors (Lipinski definition) is 6. The maximum absolute atomic E-state index is 12.2. The molecule has 150 valence electrons. The number of aliphatic hydroxyl groups excluding tert-OH is 1. The molecule has 3 N–H and O–H groups in total. The van der Waals surface area contributed by atoms with Crippen molar-refractivity contribution in [1.82, 2.24) is 5.32 Å². The third-order valence-corrected chi connectivity index (χ3v) is 4.64. The van der Waals surface area contributed by atoms with Crippen molar-refractivity contribution in [3.8, 4) is 11.5 Å². The van der Waals surface area contributed by atoms with E-state index in [2.05, 4.69) is 10.2 Å². The number of hydrogen-bond donors (Lipinski definition) is 3. The van der Waals surface area contributed by atoms with Crippen LogP contribution in [0.15, 0.2) is 48.5 Å². The second kappa shape index (κ2) is 9.43. The van der Waals surface area contributed by atoms with Gasteiger partial charge in [-0.15, -0.1) is 0 Å². The van der Waals surface area contributed by atoms with Crippen LogP contribution in [0.1, 0.15) is 18.6 Å². The van der Waals surface area contributed by atoms with Gasteiger partial charge in [-0.05, 0) is 48.9 Å². The van der Waals surface area contributed by atoms with Crippen LogP contribution >= 0.6 is 0 Å². The van der Waals surface area contributed by atoms with Crippen molar-refractivity contribution in [2.75, 3.05) is 37.7 Å². The lowest BCUT2D eigenvalue weighted by molar-refractivity contribution is -0.127. The average molecular weight is 386 g/mol. The summed E-state index contributed by atoms with van der Waals surface area (Å²) in [6.45, 7) is 4.89. The van der Waals surface area contributed by atoms with Gasteiger partial charge in [0.2, 0.25) is 0 Å². The van der Waals surface area contributed by atoms with E-state index in [0.29, 0.717) is 5.75 Å². The fourth-order valence-corrected chi connectivity index (χ4v) is 2.97. The number of ether oxygens (including phenoxy) is 2. The highest BCUT2D eigenvalue weighted by Gasteiger charge is 2.17. The van der Waals surface area contributed by atoms with Gasteiger partial charge < -0.3 is 29.9 Å². The molecule has 3 rings (SSSR count). The van der Waals surface area contributed by atoms with Gasteiger partial charge >= 0.3 is 0 Å².